The van der Waals surface area contributed by atoms with Crippen LogP contribution < -0.4 is 0 Å². The Balaban J connectivity index is 1.98. The Kier molecular flexibility index (Phi) is 7.68. The SMILES string of the molecule is CCCCCCC(=O)c1cn(-c2ccc(Cl)cc2)c(-c2ccc(S(=O)(=O)CC)cc2)n1. The van der Waals surface area contributed by atoms with Crippen LogP contribution in [0.25, 0.3) is 17.1 Å². The van der Waals surface area contributed by atoms with Gasteiger partial charge in [-0.1, -0.05) is 44.7 Å². The molecule has 0 amide bonds. The second-order valence-electron chi connectivity index (χ2n) is 7.46. The zero-order valence-corrected chi connectivity index (χ0v) is 19.4. The quantitative estimate of drug-likeness (QED) is 0.270. The number of nitrogens with zero attached hydrogens (tertiary/aromatic N) is 2. The summed E-state index contributed by atoms with van der Waals surface area (Å²) in [6.45, 7) is 3.76. The lowest BCUT2D eigenvalue weighted by atomic mass is 10.1. The monoisotopic (exact) mass is 458 g/mol. The number of aromatic nitrogens is 2. The molecule has 0 aliphatic rings. The van der Waals surface area contributed by atoms with Crippen LogP contribution in [0.2, 0.25) is 5.02 Å². The number of Topliss-reactive ketones (excluding diaryl/α,β-unsaturated/α-hetero) is 1. The number of imidazole rings is 1. The molecule has 0 aliphatic heterocycles. The number of halogens is 1. The molecule has 164 valence electrons. The number of ketones is 1. The van der Waals surface area contributed by atoms with E-state index in [2.05, 4.69) is 11.9 Å². The van der Waals surface area contributed by atoms with Crippen LogP contribution in [0.1, 0.15) is 56.4 Å². The van der Waals surface area contributed by atoms with Gasteiger partial charge in [0.05, 0.1) is 10.6 Å². The summed E-state index contributed by atoms with van der Waals surface area (Å²) in [7, 11) is -3.28. The Labute approximate surface area is 189 Å². The maximum absolute atomic E-state index is 12.7. The lowest BCUT2D eigenvalue weighted by molar-refractivity contribution is 0.0975. The summed E-state index contributed by atoms with van der Waals surface area (Å²) in [4.78, 5) is 17.6. The molecule has 0 saturated carbocycles. The zero-order valence-electron chi connectivity index (χ0n) is 17.8. The molecule has 7 heteroatoms. The number of sulfone groups is 1. The zero-order chi connectivity index (χ0) is 22.4. The molecule has 3 rings (SSSR count). The summed E-state index contributed by atoms with van der Waals surface area (Å²) in [6.07, 6.45) is 6.32. The highest BCUT2D eigenvalue weighted by molar-refractivity contribution is 7.91. The summed E-state index contributed by atoms with van der Waals surface area (Å²) < 4.78 is 26.1. The molecule has 31 heavy (non-hydrogen) atoms. The van der Waals surface area contributed by atoms with Crippen LogP contribution in [0, 0.1) is 0 Å². The van der Waals surface area contributed by atoms with Gasteiger partial charge in [0, 0.05) is 28.9 Å². The van der Waals surface area contributed by atoms with Crippen molar-refractivity contribution in [2.75, 3.05) is 5.75 Å². The Bertz CT molecular complexity index is 1130. The van der Waals surface area contributed by atoms with E-state index in [0.29, 0.717) is 23.0 Å². The van der Waals surface area contributed by atoms with E-state index in [1.54, 1.807) is 49.5 Å². The van der Waals surface area contributed by atoms with E-state index in [1.807, 2.05) is 16.7 Å². The van der Waals surface area contributed by atoms with Crippen molar-refractivity contribution in [3.05, 3.63) is 65.4 Å². The van der Waals surface area contributed by atoms with Gasteiger partial charge in [0.1, 0.15) is 11.5 Å². The minimum atomic E-state index is -3.28. The molecule has 1 aromatic heterocycles. The van der Waals surface area contributed by atoms with E-state index in [1.165, 1.54) is 0 Å². The first-order valence-electron chi connectivity index (χ1n) is 10.6. The van der Waals surface area contributed by atoms with Crippen molar-refractivity contribution >= 4 is 27.2 Å². The van der Waals surface area contributed by atoms with Crippen LogP contribution in [0.5, 0.6) is 0 Å². The summed E-state index contributed by atoms with van der Waals surface area (Å²) >= 11 is 6.03. The molecular formula is C24H27ClN2O3S. The third-order valence-corrected chi connectivity index (χ3v) is 7.21. The number of benzene rings is 2. The van der Waals surface area contributed by atoms with Crippen molar-refractivity contribution in [3.8, 4) is 17.1 Å². The van der Waals surface area contributed by atoms with Gasteiger partial charge in [-0.3, -0.25) is 9.36 Å². The van der Waals surface area contributed by atoms with Crippen molar-refractivity contribution in [2.24, 2.45) is 0 Å². The first-order chi connectivity index (χ1) is 14.9. The Morgan fingerprint density at radius 1 is 0.968 bits per heavy atom. The standard InChI is InChI=1S/C24H27ClN2O3S/c1-3-5-6-7-8-23(28)22-17-27(20-13-11-19(25)12-14-20)24(26-22)18-9-15-21(16-10-18)31(29,30)4-2/h9-17H,3-8H2,1-2H3. The van der Waals surface area contributed by atoms with Gasteiger partial charge in [0.2, 0.25) is 0 Å². The van der Waals surface area contributed by atoms with Gasteiger partial charge < -0.3 is 0 Å². The van der Waals surface area contributed by atoms with Crippen molar-refractivity contribution in [1.82, 2.24) is 9.55 Å². The number of rotatable bonds is 10. The van der Waals surface area contributed by atoms with Crippen molar-refractivity contribution in [3.63, 3.8) is 0 Å². The topological polar surface area (TPSA) is 69.0 Å². The van der Waals surface area contributed by atoms with E-state index in [0.717, 1.165) is 36.9 Å². The highest BCUT2D eigenvalue weighted by Crippen LogP contribution is 2.26. The number of hydrogen-bond acceptors (Lipinski definition) is 4. The summed E-state index contributed by atoms with van der Waals surface area (Å²) in [5, 5.41) is 0.617. The number of carbonyl (C=O) groups excluding carboxylic acids is 1. The maximum atomic E-state index is 12.7. The van der Waals surface area contributed by atoms with Gasteiger partial charge >= 0.3 is 0 Å². The minimum Gasteiger partial charge on any atom is -0.299 e. The van der Waals surface area contributed by atoms with E-state index in [9.17, 15) is 13.2 Å². The van der Waals surface area contributed by atoms with Gasteiger partial charge in [-0.2, -0.15) is 0 Å². The summed E-state index contributed by atoms with van der Waals surface area (Å²) in [6, 6.07) is 13.9. The minimum absolute atomic E-state index is 0.00949. The smallest absolute Gasteiger partial charge is 0.182 e. The van der Waals surface area contributed by atoms with Gasteiger partial charge in [-0.05, 0) is 55.0 Å². The molecule has 0 radical (unpaired) electrons. The van der Waals surface area contributed by atoms with Crippen molar-refractivity contribution in [2.45, 2.75) is 50.8 Å². The summed E-state index contributed by atoms with van der Waals surface area (Å²) in [5.74, 6) is 0.637. The molecule has 0 saturated heterocycles. The van der Waals surface area contributed by atoms with E-state index in [-0.39, 0.29) is 16.4 Å². The largest absolute Gasteiger partial charge is 0.299 e. The van der Waals surface area contributed by atoms with Crippen LogP contribution in [0.3, 0.4) is 0 Å². The molecule has 1 heterocycles. The van der Waals surface area contributed by atoms with Crippen molar-refractivity contribution in [1.29, 1.82) is 0 Å². The molecule has 0 fully saturated rings. The van der Waals surface area contributed by atoms with Crippen LogP contribution in [0.4, 0.5) is 0 Å². The average Bonchev–Trinajstić information content (AvgIpc) is 3.23. The number of carbonyl (C=O) groups is 1. The van der Waals surface area contributed by atoms with Crippen LogP contribution in [0.15, 0.2) is 59.6 Å². The molecular weight excluding hydrogens is 432 g/mol. The fourth-order valence-electron chi connectivity index (χ4n) is 3.34. The average molecular weight is 459 g/mol. The van der Waals surface area contributed by atoms with Crippen LogP contribution >= 0.6 is 11.6 Å². The molecule has 0 atom stereocenters. The van der Waals surface area contributed by atoms with E-state index >= 15 is 0 Å². The molecule has 3 aromatic rings. The van der Waals surface area contributed by atoms with Crippen LogP contribution in [-0.2, 0) is 9.84 Å². The first kappa shape index (κ1) is 23.2. The molecule has 0 bridgehead atoms. The number of unbranched alkanes of at least 4 members (excludes halogenated alkanes) is 3. The Morgan fingerprint density at radius 3 is 2.26 bits per heavy atom. The third-order valence-electron chi connectivity index (χ3n) is 5.21. The fraction of sp³-hybridized carbons (Fsp3) is 0.333. The highest BCUT2D eigenvalue weighted by Gasteiger charge is 2.18. The van der Waals surface area contributed by atoms with Crippen LogP contribution in [-0.4, -0.2) is 29.5 Å². The molecule has 0 N–H and O–H groups in total. The molecule has 2 aromatic carbocycles. The normalized spacial score (nSPS) is 11.6. The Hall–Kier alpha value is -2.44. The van der Waals surface area contributed by atoms with E-state index in [4.69, 9.17) is 11.6 Å². The predicted octanol–water partition coefficient (Wildman–Crippen LogP) is 6.14. The van der Waals surface area contributed by atoms with Gasteiger partial charge in [0.25, 0.3) is 0 Å². The predicted molar refractivity (Wildman–Crippen MR) is 125 cm³/mol. The van der Waals surface area contributed by atoms with Gasteiger partial charge in [0.15, 0.2) is 15.6 Å². The maximum Gasteiger partial charge on any atom is 0.182 e. The highest BCUT2D eigenvalue weighted by atomic mass is 35.5. The summed E-state index contributed by atoms with van der Waals surface area (Å²) in [5.41, 5.74) is 1.96. The molecule has 0 unspecified atom stereocenters. The lowest BCUT2D eigenvalue weighted by Gasteiger charge is -2.09. The molecule has 0 aliphatic carbocycles. The molecule has 0 spiro atoms. The van der Waals surface area contributed by atoms with Gasteiger partial charge in [-0.15, -0.1) is 0 Å². The van der Waals surface area contributed by atoms with Gasteiger partial charge in [-0.25, -0.2) is 13.4 Å². The second-order valence-corrected chi connectivity index (χ2v) is 10.2. The number of hydrogen-bond donors (Lipinski definition) is 0. The first-order valence-corrected chi connectivity index (χ1v) is 12.6. The van der Waals surface area contributed by atoms with E-state index < -0.39 is 9.84 Å². The fourth-order valence-corrected chi connectivity index (χ4v) is 4.35. The lowest BCUT2D eigenvalue weighted by Crippen LogP contribution is -2.03. The van der Waals surface area contributed by atoms with Crippen molar-refractivity contribution < 1.29 is 13.2 Å². The third kappa shape index (κ3) is 5.63. The second kappa shape index (κ2) is 10.2. The Morgan fingerprint density at radius 2 is 1.65 bits per heavy atom. The molecule has 5 nitrogen and oxygen atoms in total.